The number of piperidine rings is 1. The number of benzene rings is 2. The van der Waals surface area contributed by atoms with Crippen LogP contribution in [0.25, 0.3) is 0 Å². The molecule has 2 aromatic rings. The molecule has 2 aromatic carbocycles. The molecule has 5 heteroatoms. The second-order valence-electron chi connectivity index (χ2n) is 7.12. The van der Waals surface area contributed by atoms with Gasteiger partial charge >= 0.3 is 0 Å². The number of aryl methyl sites for hydroxylation is 1. The third-order valence-electron chi connectivity index (χ3n) is 5.07. The summed E-state index contributed by atoms with van der Waals surface area (Å²) in [6.07, 6.45) is 1.93. The van der Waals surface area contributed by atoms with Gasteiger partial charge in [-0.1, -0.05) is 29.8 Å². The molecule has 27 heavy (non-hydrogen) atoms. The summed E-state index contributed by atoms with van der Waals surface area (Å²) in [4.78, 5) is 15.2. The summed E-state index contributed by atoms with van der Waals surface area (Å²) >= 11 is 0. The zero-order chi connectivity index (χ0) is 19.2. The number of rotatable bonds is 6. The fourth-order valence-electron chi connectivity index (χ4n) is 3.51. The van der Waals surface area contributed by atoms with E-state index in [1.54, 1.807) is 26.4 Å². The molecule has 0 bridgehead atoms. The smallest absolute Gasteiger partial charge is 0.228 e. The quantitative estimate of drug-likeness (QED) is 0.841. The van der Waals surface area contributed by atoms with E-state index >= 15 is 0 Å². The van der Waals surface area contributed by atoms with Crippen LogP contribution in [0.4, 0.5) is 5.69 Å². The first-order chi connectivity index (χ1) is 13.1. The van der Waals surface area contributed by atoms with Crippen molar-refractivity contribution in [2.24, 2.45) is 5.92 Å². The highest BCUT2D eigenvalue weighted by Crippen LogP contribution is 2.30. The summed E-state index contributed by atoms with van der Waals surface area (Å²) in [5, 5.41) is 3.03. The van der Waals surface area contributed by atoms with Gasteiger partial charge in [0, 0.05) is 19.2 Å². The SMILES string of the molecule is COc1ccc(OC)c(NC(=O)C2CCCN(Cc3ccc(C)cc3)C2)c1. The molecule has 5 nitrogen and oxygen atoms in total. The van der Waals surface area contributed by atoms with Gasteiger partial charge in [-0.25, -0.2) is 0 Å². The van der Waals surface area contributed by atoms with E-state index in [9.17, 15) is 4.79 Å². The Balaban J connectivity index is 1.63. The monoisotopic (exact) mass is 368 g/mol. The molecule has 0 saturated carbocycles. The Morgan fingerprint density at radius 1 is 1.15 bits per heavy atom. The molecule has 1 unspecified atom stereocenters. The maximum absolute atomic E-state index is 12.8. The van der Waals surface area contributed by atoms with Crippen molar-refractivity contribution in [3.8, 4) is 11.5 Å². The maximum atomic E-state index is 12.8. The van der Waals surface area contributed by atoms with E-state index in [4.69, 9.17) is 9.47 Å². The Bertz CT molecular complexity index is 774. The Kier molecular flexibility index (Phi) is 6.35. The van der Waals surface area contributed by atoms with E-state index < -0.39 is 0 Å². The van der Waals surface area contributed by atoms with Crippen molar-refractivity contribution in [3.63, 3.8) is 0 Å². The Labute approximate surface area is 161 Å². The molecule has 1 N–H and O–H groups in total. The van der Waals surface area contributed by atoms with Crippen LogP contribution in [0.15, 0.2) is 42.5 Å². The Morgan fingerprint density at radius 3 is 2.63 bits per heavy atom. The van der Waals surface area contributed by atoms with Gasteiger partial charge in [0.15, 0.2) is 0 Å². The van der Waals surface area contributed by atoms with Crippen LogP contribution in [0, 0.1) is 12.8 Å². The number of carbonyl (C=O) groups excluding carboxylic acids is 1. The molecule has 1 aliphatic heterocycles. The van der Waals surface area contributed by atoms with E-state index in [2.05, 4.69) is 41.4 Å². The second-order valence-corrected chi connectivity index (χ2v) is 7.12. The summed E-state index contributed by atoms with van der Waals surface area (Å²) in [6.45, 7) is 4.77. The highest BCUT2D eigenvalue weighted by molar-refractivity contribution is 5.94. The highest BCUT2D eigenvalue weighted by atomic mass is 16.5. The number of nitrogens with zero attached hydrogens (tertiary/aromatic N) is 1. The van der Waals surface area contributed by atoms with Gasteiger partial charge in [0.2, 0.25) is 5.91 Å². The van der Waals surface area contributed by atoms with Gasteiger partial charge < -0.3 is 14.8 Å². The standard InChI is InChI=1S/C22H28N2O3/c1-16-6-8-17(9-7-16)14-24-12-4-5-18(15-24)22(25)23-20-13-19(26-2)10-11-21(20)27-3/h6-11,13,18H,4-5,12,14-15H2,1-3H3,(H,23,25). The van der Waals surface area contributed by atoms with Crippen molar-refractivity contribution in [2.45, 2.75) is 26.3 Å². The van der Waals surface area contributed by atoms with Gasteiger partial charge in [0.05, 0.1) is 25.8 Å². The van der Waals surface area contributed by atoms with Gasteiger partial charge in [-0.05, 0) is 44.0 Å². The number of likely N-dealkylation sites (tertiary alicyclic amines) is 1. The van der Waals surface area contributed by atoms with Crippen molar-refractivity contribution in [3.05, 3.63) is 53.6 Å². The third kappa shape index (κ3) is 5.01. The maximum Gasteiger partial charge on any atom is 0.228 e. The van der Waals surface area contributed by atoms with Crippen LogP contribution in [0.3, 0.4) is 0 Å². The largest absolute Gasteiger partial charge is 0.497 e. The van der Waals surface area contributed by atoms with Crippen molar-refractivity contribution >= 4 is 11.6 Å². The van der Waals surface area contributed by atoms with E-state index in [-0.39, 0.29) is 11.8 Å². The molecule has 0 spiro atoms. The molecule has 1 saturated heterocycles. The normalized spacial score (nSPS) is 17.4. The number of amides is 1. The van der Waals surface area contributed by atoms with Crippen LogP contribution >= 0.6 is 0 Å². The molecule has 0 aromatic heterocycles. The van der Waals surface area contributed by atoms with Crippen molar-refractivity contribution in [1.29, 1.82) is 0 Å². The first kappa shape index (κ1) is 19.2. The van der Waals surface area contributed by atoms with E-state index in [0.717, 1.165) is 32.5 Å². The van der Waals surface area contributed by atoms with Crippen LogP contribution in [0.2, 0.25) is 0 Å². The number of methoxy groups -OCH3 is 2. The lowest BCUT2D eigenvalue weighted by molar-refractivity contribution is -0.121. The zero-order valence-corrected chi connectivity index (χ0v) is 16.3. The summed E-state index contributed by atoms with van der Waals surface area (Å²) in [7, 11) is 3.21. The van der Waals surface area contributed by atoms with Crippen LogP contribution in [0.5, 0.6) is 11.5 Å². The predicted octanol–water partition coefficient (Wildman–Crippen LogP) is 3.86. The fraction of sp³-hybridized carbons (Fsp3) is 0.409. The molecule has 0 aliphatic carbocycles. The van der Waals surface area contributed by atoms with Gasteiger partial charge in [0.1, 0.15) is 11.5 Å². The average molecular weight is 368 g/mol. The molecular formula is C22H28N2O3. The van der Waals surface area contributed by atoms with E-state index in [1.165, 1.54) is 11.1 Å². The number of carbonyl (C=O) groups is 1. The first-order valence-electron chi connectivity index (χ1n) is 9.40. The minimum absolute atomic E-state index is 0.0277. The summed E-state index contributed by atoms with van der Waals surface area (Å²) < 4.78 is 10.6. The molecule has 144 valence electrons. The third-order valence-corrected chi connectivity index (χ3v) is 5.07. The lowest BCUT2D eigenvalue weighted by atomic mass is 9.96. The van der Waals surface area contributed by atoms with Crippen LogP contribution < -0.4 is 14.8 Å². The average Bonchev–Trinajstić information content (AvgIpc) is 2.70. The molecule has 0 radical (unpaired) electrons. The number of ether oxygens (including phenoxy) is 2. The number of hydrogen-bond donors (Lipinski definition) is 1. The number of anilines is 1. The molecule has 1 heterocycles. The molecular weight excluding hydrogens is 340 g/mol. The van der Waals surface area contributed by atoms with Gasteiger partial charge in [-0.15, -0.1) is 0 Å². The minimum Gasteiger partial charge on any atom is -0.497 e. The topological polar surface area (TPSA) is 50.8 Å². The van der Waals surface area contributed by atoms with Gasteiger partial charge in [-0.2, -0.15) is 0 Å². The minimum atomic E-state index is -0.0277. The molecule has 3 rings (SSSR count). The van der Waals surface area contributed by atoms with Crippen molar-refractivity contribution in [2.75, 3.05) is 32.6 Å². The molecule has 1 fully saturated rings. The van der Waals surface area contributed by atoms with Crippen LogP contribution in [0.1, 0.15) is 24.0 Å². The molecule has 1 atom stereocenters. The Morgan fingerprint density at radius 2 is 1.93 bits per heavy atom. The van der Waals surface area contributed by atoms with Crippen molar-refractivity contribution < 1.29 is 14.3 Å². The second kappa shape index (κ2) is 8.91. The van der Waals surface area contributed by atoms with Crippen LogP contribution in [-0.4, -0.2) is 38.1 Å². The summed E-state index contributed by atoms with van der Waals surface area (Å²) in [6, 6.07) is 14.0. The lowest BCUT2D eigenvalue weighted by Crippen LogP contribution is -2.40. The zero-order valence-electron chi connectivity index (χ0n) is 16.3. The number of nitrogens with one attached hydrogen (secondary N) is 1. The van der Waals surface area contributed by atoms with Gasteiger partial charge in [-0.3, -0.25) is 9.69 Å². The first-order valence-corrected chi connectivity index (χ1v) is 9.40. The summed E-state index contributed by atoms with van der Waals surface area (Å²) in [5.41, 5.74) is 3.20. The van der Waals surface area contributed by atoms with Crippen molar-refractivity contribution in [1.82, 2.24) is 4.90 Å². The molecule has 1 aliphatic rings. The van der Waals surface area contributed by atoms with Crippen LogP contribution in [-0.2, 0) is 11.3 Å². The molecule has 1 amide bonds. The van der Waals surface area contributed by atoms with E-state index in [0.29, 0.717) is 17.2 Å². The summed E-state index contributed by atoms with van der Waals surface area (Å²) in [5.74, 6) is 1.34. The predicted molar refractivity (Wildman–Crippen MR) is 107 cm³/mol. The Hall–Kier alpha value is -2.53. The lowest BCUT2D eigenvalue weighted by Gasteiger charge is -2.32. The number of hydrogen-bond acceptors (Lipinski definition) is 4. The highest BCUT2D eigenvalue weighted by Gasteiger charge is 2.26. The van der Waals surface area contributed by atoms with E-state index in [1.807, 2.05) is 6.07 Å². The fourth-order valence-corrected chi connectivity index (χ4v) is 3.51. The van der Waals surface area contributed by atoms with Gasteiger partial charge in [0.25, 0.3) is 0 Å².